The van der Waals surface area contributed by atoms with Gasteiger partial charge in [-0.15, -0.1) is 0 Å². The second kappa shape index (κ2) is 4.69. The van der Waals surface area contributed by atoms with Crippen molar-refractivity contribution in [2.24, 2.45) is 5.41 Å². The van der Waals surface area contributed by atoms with Crippen LogP contribution < -0.4 is 0 Å². The number of carboxylic acid groups (broad SMARTS) is 1. The largest absolute Gasteiger partial charge is 0.478 e. The van der Waals surface area contributed by atoms with E-state index in [-0.39, 0.29) is 0 Å². The minimum atomic E-state index is -7.78. The number of halogens is 11. The fraction of sp³-hybridized carbons (Fsp3) is 0.714. The predicted octanol–water partition coefficient (Wildman–Crippen LogP) is 2.95. The van der Waals surface area contributed by atoms with Crippen LogP contribution in [-0.2, 0) is 9.59 Å². The van der Waals surface area contributed by atoms with Crippen molar-refractivity contribution in [3.8, 4) is 0 Å². The van der Waals surface area contributed by atoms with E-state index in [2.05, 4.69) is 0 Å². The molecule has 0 saturated heterocycles. The zero-order valence-corrected chi connectivity index (χ0v) is 8.92. The lowest BCUT2D eigenvalue weighted by Crippen LogP contribution is -2.74. The standard InChI is InChI=1S/C7HF11O3/c8-1(19)3(9,2(20)21)4(5(10,11)12,6(13,14)15)7(16,17)18/h(H,20,21). The molecule has 1 N–H and O–H groups in total. The van der Waals surface area contributed by atoms with Crippen LogP contribution in [0.25, 0.3) is 0 Å². The van der Waals surface area contributed by atoms with Crippen LogP contribution >= 0.6 is 0 Å². The van der Waals surface area contributed by atoms with Crippen molar-refractivity contribution in [2.75, 3.05) is 0 Å². The molecule has 0 aromatic rings. The third-order valence-corrected chi connectivity index (χ3v) is 2.36. The van der Waals surface area contributed by atoms with Gasteiger partial charge in [0.05, 0.1) is 0 Å². The zero-order valence-electron chi connectivity index (χ0n) is 8.92. The van der Waals surface area contributed by atoms with E-state index in [1.807, 2.05) is 0 Å². The Labute approximate surface area is 106 Å². The summed E-state index contributed by atoms with van der Waals surface area (Å²) in [6, 6.07) is -4.61. The molecular formula is C7HF11O3. The molecule has 3 nitrogen and oxygen atoms in total. The van der Waals surface area contributed by atoms with Crippen LogP contribution in [0.1, 0.15) is 0 Å². The Hall–Kier alpha value is -1.63. The highest BCUT2D eigenvalue weighted by atomic mass is 19.4. The first-order valence-corrected chi connectivity index (χ1v) is 4.21. The van der Waals surface area contributed by atoms with Gasteiger partial charge in [0.1, 0.15) is 0 Å². The number of rotatable bonds is 3. The second-order valence-electron chi connectivity index (χ2n) is 3.48. The maximum atomic E-state index is 13.4. The highest BCUT2D eigenvalue weighted by Gasteiger charge is 2.96. The normalized spacial score (nSPS) is 17.3. The van der Waals surface area contributed by atoms with Crippen molar-refractivity contribution in [3.63, 3.8) is 0 Å². The van der Waals surface area contributed by atoms with Gasteiger partial charge in [-0.1, -0.05) is 0 Å². The number of carboxylic acids is 1. The van der Waals surface area contributed by atoms with E-state index in [0.717, 1.165) is 0 Å². The van der Waals surface area contributed by atoms with E-state index < -0.39 is 41.6 Å². The van der Waals surface area contributed by atoms with Crippen molar-refractivity contribution in [1.82, 2.24) is 0 Å². The van der Waals surface area contributed by atoms with Gasteiger partial charge < -0.3 is 5.11 Å². The molecule has 124 valence electrons. The Morgan fingerprint density at radius 1 is 0.667 bits per heavy atom. The van der Waals surface area contributed by atoms with E-state index >= 15 is 0 Å². The van der Waals surface area contributed by atoms with Crippen molar-refractivity contribution in [3.05, 3.63) is 0 Å². The van der Waals surface area contributed by atoms with Crippen LogP contribution in [0.15, 0.2) is 0 Å². The topological polar surface area (TPSA) is 54.4 Å². The average molecular weight is 342 g/mol. The van der Waals surface area contributed by atoms with Crippen molar-refractivity contribution < 1.29 is 63.0 Å². The Balaban J connectivity index is 7.16. The maximum Gasteiger partial charge on any atom is 0.416 e. The van der Waals surface area contributed by atoms with Crippen LogP contribution in [0, 0.1) is 5.41 Å². The predicted molar refractivity (Wildman–Crippen MR) is 38.2 cm³/mol. The summed E-state index contributed by atoms with van der Waals surface area (Å²) in [7, 11) is 0. The number of aliphatic carboxylic acids is 1. The van der Waals surface area contributed by atoms with Gasteiger partial charge in [-0.3, -0.25) is 4.79 Å². The summed E-state index contributed by atoms with van der Waals surface area (Å²) < 4.78 is 136. The van der Waals surface area contributed by atoms with Crippen molar-refractivity contribution >= 4 is 12.0 Å². The van der Waals surface area contributed by atoms with Gasteiger partial charge in [0.2, 0.25) is 0 Å². The van der Waals surface area contributed by atoms with Crippen LogP contribution in [0.4, 0.5) is 48.3 Å². The van der Waals surface area contributed by atoms with Gasteiger partial charge in [-0.25, -0.2) is 9.18 Å². The molecule has 0 aromatic carbocycles. The van der Waals surface area contributed by atoms with Crippen LogP contribution in [0.5, 0.6) is 0 Å². The summed E-state index contributed by atoms with van der Waals surface area (Å²) in [5, 5.41) is 7.89. The third-order valence-electron chi connectivity index (χ3n) is 2.36. The van der Waals surface area contributed by atoms with Crippen molar-refractivity contribution in [1.29, 1.82) is 0 Å². The summed E-state index contributed by atoms with van der Waals surface area (Å²) in [4.78, 5) is 20.1. The molecule has 0 aliphatic rings. The number of hydrogen-bond acceptors (Lipinski definition) is 2. The van der Waals surface area contributed by atoms with E-state index in [1.54, 1.807) is 0 Å². The smallest absolute Gasteiger partial charge is 0.416 e. The van der Waals surface area contributed by atoms with Crippen molar-refractivity contribution in [2.45, 2.75) is 24.2 Å². The Morgan fingerprint density at radius 3 is 0.952 bits per heavy atom. The molecule has 0 amide bonds. The molecule has 0 aliphatic heterocycles. The third kappa shape index (κ3) is 2.29. The van der Waals surface area contributed by atoms with E-state index in [0.29, 0.717) is 0 Å². The molecule has 14 heteroatoms. The van der Waals surface area contributed by atoms with Gasteiger partial charge in [0.15, 0.2) is 0 Å². The van der Waals surface area contributed by atoms with Gasteiger partial charge in [-0.2, -0.15) is 43.9 Å². The number of carbonyl (C=O) groups is 2. The first-order valence-electron chi connectivity index (χ1n) is 4.21. The summed E-state index contributed by atoms with van der Waals surface area (Å²) in [6.07, 6.45) is -23.2. The van der Waals surface area contributed by atoms with Crippen LogP contribution in [-0.4, -0.2) is 41.3 Å². The summed E-state index contributed by atoms with van der Waals surface area (Å²) in [6.45, 7) is 0. The fourth-order valence-electron chi connectivity index (χ4n) is 1.46. The molecule has 0 aliphatic carbocycles. The average Bonchev–Trinajstić information content (AvgIpc) is 2.09. The van der Waals surface area contributed by atoms with Gasteiger partial charge in [0.25, 0.3) is 0 Å². The molecule has 0 fully saturated rings. The zero-order chi connectivity index (χ0) is 17.7. The molecule has 0 rings (SSSR count). The molecule has 0 bridgehead atoms. The minimum absolute atomic E-state index is 4.23. The monoisotopic (exact) mass is 342 g/mol. The first kappa shape index (κ1) is 19.4. The number of hydrogen-bond donors (Lipinski definition) is 1. The number of carbonyl (C=O) groups excluding carboxylic acids is 1. The fourth-order valence-corrected chi connectivity index (χ4v) is 1.46. The van der Waals surface area contributed by atoms with Gasteiger partial charge in [-0.05, 0) is 0 Å². The quantitative estimate of drug-likeness (QED) is 0.487. The molecule has 0 radical (unpaired) electrons. The lowest BCUT2D eigenvalue weighted by atomic mass is 9.70. The lowest BCUT2D eigenvalue weighted by molar-refractivity contribution is -0.449. The van der Waals surface area contributed by atoms with Gasteiger partial charge in [0, 0.05) is 0 Å². The number of alkyl halides is 10. The van der Waals surface area contributed by atoms with E-state index in [9.17, 15) is 57.9 Å². The highest BCUT2D eigenvalue weighted by molar-refractivity contribution is 6.03. The maximum absolute atomic E-state index is 13.4. The molecule has 0 aromatic heterocycles. The van der Waals surface area contributed by atoms with E-state index in [1.165, 1.54) is 0 Å². The first-order chi connectivity index (χ1) is 8.89. The lowest BCUT2D eigenvalue weighted by Gasteiger charge is -2.42. The Bertz CT molecular complexity index is 392. The summed E-state index contributed by atoms with van der Waals surface area (Å²) in [5.74, 6) is -4.23. The van der Waals surface area contributed by atoms with E-state index in [4.69, 9.17) is 5.11 Å². The summed E-state index contributed by atoms with van der Waals surface area (Å²) in [5.41, 5.74) is -14.8. The van der Waals surface area contributed by atoms with Crippen LogP contribution in [0.3, 0.4) is 0 Å². The second-order valence-corrected chi connectivity index (χ2v) is 3.48. The Kier molecular flexibility index (Phi) is 4.33. The molecule has 21 heavy (non-hydrogen) atoms. The molecule has 0 heterocycles. The summed E-state index contributed by atoms with van der Waals surface area (Å²) >= 11 is 0. The molecule has 1 unspecified atom stereocenters. The minimum Gasteiger partial charge on any atom is -0.478 e. The molecular weight excluding hydrogens is 341 g/mol. The SMILES string of the molecule is O=C(O)C(F)(C(=O)F)C(C(F)(F)F)(C(F)(F)F)C(F)(F)F. The molecule has 0 spiro atoms. The highest BCUT2D eigenvalue weighted by Crippen LogP contribution is 2.66. The molecule has 0 saturated carbocycles. The Morgan fingerprint density at radius 2 is 0.905 bits per heavy atom. The van der Waals surface area contributed by atoms with Gasteiger partial charge >= 0.3 is 41.6 Å². The molecule has 1 atom stereocenters. The van der Waals surface area contributed by atoms with Crippen LogP contribution in [0.2, 0.25) is 0 Å².